The highest BCUT2D eigenvalue weighted by molar-refractivity contribution is 9.10. The minimum Gasteiger partial charge on any atom is -0.395 e. The second kappa shape index (κ2) is 5.81. The SMILES string of the molecule is Cc1cc(Br)ccc1N1CC(CO)NCCC1(C)C. The van der Waals surface area contributed by atoms with Crippen LogP contribution in [0.3, 0.4) is 0 Å². The normalized spacial score (nSPS) is 23.2. The van der Waals surface area contributed by atoms with E-state index in [2.05, 4.69) is 65.1 Å². The highest BCUT2D eigenvalue weighted by atomic mass is 79.9. The first-order valence-electron chi connectivity index (χ1n) is 6.82. The Labute approximate surface area is 124 Å². The molecule has 1 unspecified atom stereocenters. The molecule has 1 aromatic carbocycles. The Bertz CT molecular complexity index is 448. The Morgan fingerprint density at radius 2 is 2.21 bits per heavy atom. The molecular formula is C15H23BrN2O. The van der Waals surface area contributed by atoms with Crippen molar-refractivity contribution >= 4 is 21.6 Å². The molecule has 1 aromatic rings. The number of hydrogen-bond acceptors (Lipinski definition) is 3. The molecule has 1 atom stereocenters. The predicted molar refractivity (Wildman–Crippen MR) is 83.8 cm³/mol. The van der Waals surface area contributed by atoms with Crippen LogP contribution in [0.2, 0.25) is 0 Å². The molecule has 2 N–H and O–H groups in total. The molecule has 1 aliphatic heterocycles. The fourth-order valence-electron chi connectivity index (χ4n) is 2.72. The maximum absolute atomic E-state index is 9.47. The largest absolute Gasteiger partial charge is 0.395 e. The average molecular weight is 327 g/mol. The number of rotatable bonds is 2. The number of aliphatic hydroxyl groups excluding tert-OH is 1. The standard InChI is InChI=1S/C15H23BrN2O/c1-11-8-12(16)4-5-14(11)18-9-13(10-19)17-7-6-15(18,2)3/h4-5,8,13,17,19H,6-7,9-10H2,1-3H3. The summed E-state index contributed by atoms with van der Waals surface area (Å²) in [5.74, 6) is 0. The topological polar surface area (TPSA) is 35.5 Å². The highest BCUT2D eigenvalue weighted by Gasteiger charge is 2.32. The number of aliphatic hydroxyl groups is 1. The molecule has 1 fully saturated rings. The zero-order valence-corrected chi connectivity index (χ0v) is 13.5. The van der Waals surface area contributed by atoms with Crippen LogP contribution in [-0.2, 0) is 0 Å². The van der Waals surface area contributed by atoms with Gasteiger partial charge >= 0.3 is 0 Å². The summed E-state index contributed by atoms with van der Waals surface area (Å²) in [6, 6.07) is 6.55. The van der Waals surface area contributed by atoms with E-state index in [1.165, 1.54) is 11.3 Å². The molecule has 0 radical (unpaired) electrons. The molecule has 0 spiro atoms. The Morgan fingerprint density at radius 3 is 2.84 bits per heavy atom. The number of benzene rings is 1. The van der Waals surface area contributed by atoms with Crippen LogP contribution >= 0.6 is 15.9 Å². The molecule has 4 heteroatoms. The van der Waals surface area contributed by atoms with E-state index in [9.17, 15) is 5.11 Å². The summed E-state index contributed by atoms with van der Waals surface area (Å²) in [5, 5.41) is 12.9. The third-order valence-corrected chi connectivity index (χ3v) is 4.47. The van der Waals surface area contributed by atoms with Gasteiger partial charge in [-0.2, -0.15) is 0 Å². The lowest BCUT2D eigenvalue weighted by Gasteiger charge is -2.40. The van der Waals surface area contributed by atoms with Crippen molar-refractivity contribution in [1.29, 1.82) is 0 Å². The molecule has 0 aliphatic carbocycles. The molecular weight excluding hydrogens is 304 g/mol. The fraction of sp³-hybridized carbons (Fsp3) is 0.600. The van der Waals surface area contributed by atoms with Crippen molar-refractivity contribution < 1.29 is 5.11 Å². The van der Waals surface area contributed by atoms with Gasteiger partial charge in [0.05, 0.1) is 6.61 Å². The summed E-state index contributed by atoms with van der Waals surface area (Å²) >= 11 is 3.52. The van der Waals surface area contributed by atoms with E-state index >= 15 is 0 Å². The second-order valence-electron chi connectivity index (χ2n) is 5.94. The van der Waals surface area contributed by atoms with Gasteiger partial charge in [0.1, 0.15) is 0 Å². The lowest BCUT2D eigenvalue weighted by Crippen LogP contribution is -2.48. The smallest absolute Gasteiger partial charge is 0.0601 e. The number of anilines is 1. The van der Waals surface area contributed by atoms with Gasteiger partial charge in [-0.25, -0.2) is 0 Å². The van der Waals surface area contributed by atoms with E-state index in [1.807, 2.05) is 0 Å². The van der Waals surface area contributed by atoms with E-state index in [0.29, 0.717) is 0 Å². The quantitative estimate of drug-likeness (QED) is 0.877. The minimum atomic E-state index is 0.0928. The molecule has 1 saturated heterocycles. The molecule has 0 amide bonds. The summed E-state index contributed by atoms with van der Waals surface area (Å²) in [5.41, 5.74) is 2.62. The Morgan fingerprint density at radius 1 is 1.47 bits per heavy atom. The van der Waals surface area contributed by atoms with E-state index in [-0.39, 0.29) is 18.2 Å². The molecule has 19 heavy (non-hydrogen) atoms. The minimum absolute atomic E-state index is 0.0928. The summed E-state index contributed by atoms with van der Waals surface area (Å²) < 4.78 is 1.11. The summed E-state index contributed by atoms with van der Waals surface area (Å²) in [4.78, 5) is 2.43. The molecule has 0 bridgehead atoms. The number of nitrogens with one attached hydrogen (secondary N) is 1. The van der Waals surface area contributed by atoms with Gasteiger partial charge in [0.15, 0.2) is 0 Å². The lowest BCUT2D eigenvalue weighted by atomic mass is 9.96. The van der Waals surface area contributed by atoms with Crippen LogP contribution < -0.4 is 10.2 Å². The number of hydrogen-bond donors (Lipinski definition) is 2. The monoisotopic (exact) mass is 326 g/mol. The van der Waals surface area contributed by atoms with Gasteiger partial charge < -0.3 is 15.3 Å². The van der Waals surface area contributed by atoms with Crippen LogP contribution in [0.15, 0.2) is 22.7 Å². The van der Waals surface area contributed by atoms with E-state index in [0.717, 1.165) is 24.0 Å². The maximum atomic E-state index is 9.47. The molecule has 0 saturated carbocycles. The van der Waals surface area contributed by atoms with E-state index in [1.54, 1.807) is 0 Å². The molecule has 3 nitrogen and oxygen atoms in total. The van der Waals surface area contributed by atoms with Crippen LogP contribution in [0.5, 0.6) is 0 Å². The highest BCUT2D eigenvalue weighted by Crippen LogP contribution is 2.32. The molecule has 2 rings (SSSR count). The average Bonchev–Trinajstić information content (AvgIpc) is 2.48. The zero-order valence-electron chi connectivity index (χ0n) is 11.9. The van der Waals surface area contributed by atoms with E-state index in [4.69, 9.17) is 0 Å². The van der Waals surface area contributed by atoms with Crippen molar-refractivity contribution in [2.45, 2.75) is 38.8 Å². The molecule has 1 heterocycles. The second-order valence-corrected chi connectivity index (χ2v) is 6.85. The first-order chi connectivity index (χ1) is 8.94. The third kappa shape index (κ3) is 3.30. The van der Waals surface area contributed by atoms with Crippen LogP contribution in [0, 0.1) is 6.92 Å². The third-order valence-electron chi connectivity index (χ3n) is 3.97. The van der Waals surface area contributed by atoms with Crippen molar-refractivity contribution in [2.75, 3.05) is 24.6 Å². The Balaban J connectivity index is 2.36. The van der Waals surface area contributed by atoms with Crippen molar-refractivity contribution in [3.05, 3.63) is 28.2 Å². The summed E-state index contributed by atoms with van der Waals surface area (Å²) in [7, 11) is 0. The Hall–Kier alpha value is -0.580. The first-order valence-corrected chi connectivity index (χ1v) is 7.61. The van der Waals surface area contributed by atoms with E-state index < -0.39 is 0 Å². The van der Waals surface area contributed by atoms with Crippen molar-refractivity contribution in [2.24, 2.45) is 0 Å². The van der Waals surface area contributed by atoms with Crippen LogP contribution in [0.4, 0.5) is 5.69 Å². The number of aryl methyl sites for hydroxylation is 1. The van der Waals surface area contributed by atoms with Gasteiger partial charge in [-0.1, -0.05) is 15.9 Å². The number of halogens is 1. The van der Waals surface area contributed by atoms with Crippen molar-refractivity contribution in [3.63, 3.8) is 0 Å². The van der Waals surface area contributed by atoms with Gasteiger partial charge in [-0.15, -0.1) is 0 Å². The number of nitrogens with zero attached hydrogens (tertiary/aromatic N) is 1. The van der Waals surface area contributed by atoms with Crippen LogP contribution in [-0.4, -0.2) is 36.4 Å². The fourth-order valence-corrected chi connectivity index (χ4v) is 3.19. The van der Waals surface area contributed by atoms with Crippen LogP contribution in [0.1, 0.15) is 25.8 Å². The van der Waals surface area contributed by atoms with Gasteiger partial charge in [-0.3, -0.25) is 0 Å². The van der Waals surface area contributed by atoms with Gasteiger partial charge in [-0.05, 0) is 57.5 Å². The predicted octanol–water partition coefficient (Wildman–Crippen LogP) is 2.70. The first kappa shape index (κ1) is 14.8. The molecule has 0 aromatic heterocycles. The van der Waals surface area contributed by atoms with Crippen molar-refractivity contribution in [1.82, 2.24) is 5.32 Å². The van der Waals surface area contributed by atoms with Gasteiger partial charge in [0.25, 0.3) is 0 Å². The lowest BCUT2D eigenvalue weighted by molar-refractivity contribution is 0.248. The Kier molecular flexibility index (Phi) is 4.54. The summed E-state index contributed by atoms with van der Waals surface area (Å²) in [6.07, 6.45) is 1.07. The molecule has 1 aliphatic rings. The molecule has 106 valence electrons. The van der Waals surface area contributed by atoms with Crippen LogP contribution in [0.25, 0.3) is 0 Å². The maximum Gasteiger partial charge on any atom is 0.0601 e. The zero-order chi connectivity index (χ0) is 14.0. The van der Waals surface area contributed by atoms with Gasteiger partial charge in [0, 0.05) is 28.3 Å². The van der Waals surface area contributed by atoms with Crippen molar-refractivity contribution in [3.8, 4) is 0 Å². The summed E-state index contributed by atoms with van der Waals surface area (Å²) in [6.45, 7) is 8.66. The van der Waals surface area contributed by atoms with Gasteiger partial charge in [0.2, 0.25) is 0 Å².